The molecule has 12 aromatic rings. The van der Waals surface area contributed by atoms with Crippen LogP contribution in [0.25, 0.3) is 122 Å². The van der Waals surface area contributed by atoms with Crippen LogP contribution in [0.2, 0.25) is 0 Å². The second-order valence-corrected chi connectivity index (χ2v) is 16.3. The van der Waals surface area contributed by atoms with E-state index in [0.29, 0.717) is 5.82 Å². The molecule has 0 saturated heterocycles. The summed E-state index contributed by atoms with van der Waals surface area (Å²) in [4.78, 5) is 20.8. The van der Waals surface area contributed by atoms with Crippen molar-refractivity contribution in [2.24, 2.45) is 0 Å². The molecular formula is C60H38N4. The van der Waals surface area contributed by atoms with Gasteiger partial charge < -0.3 is 0 Å². The molecule has 0 unspecified atom stereocenters. The maximum absolute atomic E-state index is 5.27. The van der Waals surface area contributed by atoms with E-state index in [4.69, 9.17) is 19.9 Å². The summed E-state index contributed by atoms with van der Waals surface area (Å²) in [6, 6.07) is 81.1. The van der Waals surface area contributed by atoms with Crippen LogP contribution in [0.4, 0.5) is 0 Å². The van der Waals surface area contributed by atoms with Crippen molar-refractivity contribution < 1.29 is 0 Å². The van der Waals surface area contributed by atoms with Crippen LogP contribution in [0.1, 0.15) is 0 Å². The third-order valence-corrected chi connectivity index (χ3v) is 12.3. The zero-order valence-electron chi connectivity index (χ0n) is 34.7. The van der Waals surface area contributed by atoms with Gasteiger partial charge in [0, 0.05) is 38.4 Å². The van der Waals surface area contributed by atoms with Crippen molar-refractivity contribution in [2.45, 2.75) is 0 Å². The molecule has 4 nitrogen and oxygen atoms in total. The predicted molar refractivity (Wildman–Crippen MR) is 266 cm³/mol. The highest BCUT2D eigenvalue weighted by Crippen LogP contribution is 2.35. The lowest BCUT2D eigenvalue weighted by Gasteiger charge is -2.12. The summed E-state index contributed by atoms with van der Waals surface area (Å²) in [5.74, 6) is 0.705. The Morgan fingerprint density at radius 3 is 1.42 bits per heavy atom. The van der Waals surface area contributed by atoms with E-state index in [1.165, 1.54) is 21.9 Å². The average molecular weight is 815 g/mol. The number of pyridine rings is 2. The van der Waals surface area contributed by atoms with Gasteiger partial charge in [0.15, 0.2) is 5.82 Å². The molecule has 298 valence electrons. The van der Waals surface area contributed by atoms with Gasteiger partial charge in [-0.1, -0.05) is 194 Å². The molecular weight excluding hydrogens is 777 g/mol. The summed E-state index contributed by atoms with van der Waals surface area (Å²) < 4.78 is 0. The molecule has 0 atom stereocenters. The van der Waals surface area contributed by atoms with Gasteiger partial charge in [0.1, 0.15) is 0 Å². The molecule has 0 saturated carbocycles. The Morgan fingerprint density at radius 1 is 0.234 bits per heavy atom. The van der Waals surface area contributed by atoms with Gasteiger partial charge in [-0.2, -0.15) is 0 Å². The molecule has 0 amide bonds. The minimum absolute atomic E-state index is 0.705. The van der Waals surface area contributed by atoms with Crippen LogP contribution < -0.4 is 0 Å². The first-order valence-electron chi connectivity index (χ1n) is 21.6. The second kappa shape index (κ2) is 15.7. The Bertz CT molecular complexity index is 3700. The molecule has 12 rings (SSSR count). The molecule has 3 aromatic heterocycles. The number of rotatable bonds is 7. The van der Waals surface area contributed by atoms with Crippen LogP contribution in [0.15, 0.2) is 231 Å². The lowest BCUT2D eigenvalue weighted by Crippen LogP contribution is -1.96. The van der Waals surface area contributed by atoms with Crippen LogP contribution in [-0.2, 0) is 0 Å². The Balaban J connectivity index is 0.867. The Labute approximate surface area is 370 Å². The fourth-order valence-corrected chi connectivity index (χ4v) is 8.85. The van der Waals surface area contributed by atoms with E-state index in [-0.39, 0.29) is 0 Å². The zero-order chi connectivity index (χ0) is 42.4. The fourth-order valence-electron chi connectivity index (χ4n) is 8.85. The summed E-state index contributed by atoms with van der Waals surface area (Å²) in [7, 11) is 0. The van der Waals surface area contributed by atoms with Crippen molar-refractivity contribution in [2.75, 3.05) is 0 Å². The third kappa shape index (κ3) is 6.94. The fraction of sp³-hybridized carbons (Fsp3) is 0. The Morgan fingerprint density at radius 2 is 0.703 bits per heavy atom. The molecule has 0 aliphatic heterocycles. The molecule has 0 aliphatic rings. The van der Waals surface area contributed by atoms with E-state index in [9.17, 15) is 0 Å². The van der Waals surface area contributed by atoms with Gasteiger partial charge in [0.25, 0.3) is 0 Å². The number of benzene rings is 9. The van der Waals surface area contributed by atoms with Crippen LogP contribution in [-0.4, -0.2) is 19.9 Å². The maximum Gasteiger partial charge on any atom is 0.160 e. The second-order valence-electron chi connectivity index (χ2n) is 16.3. The standard InChI is InChI=1S/C60H38N4/c1-3-10-39(11-4-1)41-20-27-47(28-21-41)60-63-56-35-32-51(38-53(56)57(64-60)44-13-5-2-6-14-44)42-18-23-43(24-19-42)54-33-30-45-25-26-46-31-34-55(62-59(46)58(45)61-54)52-17-9-16-49(37-52)50-29-22-40-12-7-8-15-48(40)36-50/h1-38H. The maximum atomic E-state index is 5.27. The lowest BCUT2D eigenvalue weighted by molar-refractivity contribution is 1.23. The first kappa shape index (κ1) is 37.2. The van der Waals surface area contributed by atoms with Gasteiger partial charge >= 0.3 is 0 Å². The van der Waals surface area contributed by atoms with E-state index < -0.39 is 0 Å². The monoisotopic (exact) mass is 814 g/mol. The summed E-state index contributed by atoms with van der Waals surface area (Å²) in [5, 5.41) is 5.60. The zero-order valence-corrected chi connectivity index (χ0v) is 34.7. The smallest absolute Gasteiger partial charge is 0.160 e. The van der Waals surface area contributed by atoms with Crippen molar-refractivity contribution in [3.63, 3.8) is 0 Å². The van der Waals surface area contributed by atoms with Crippen LogP contribution >= 0.6 is 0 Å². The highest BCUT2D eigenvalue weighted by Gasteiger charge is 2.15. The summed E-state index contributed by atoms with van der Waals surface area (Å²) in [6.45, 7) is 0. The van der Waals surface area contributed by atoms with E-state index in [1.807, 2.05) is 12.1 Å². The number of aromatic nitrogens is 4. The lowest BCUT2D eigenvalue weighted by atomic mass is 9.98. The largest absolute Gasteiger partial charge is 0.245 e. The van der Waals surface area contributed by atoms with Gasteiger partial charge in [-0.25, -0.2) is 19.9 Å². The van der Waals surface area contributed by atoms with Crippen LogP contribution in [0, 0.1) is 0 Å². The molecule has 9 aromatic carbocycles. The summed E-state index contributed by atoms with van der Waals surface area (Å²) in [6.07, 6.45) is 0. The topological polar surface area (TPSA) is 51.6 Å². The summed E-state index contributed by atoms with van der Waals surface area (Å²) >= 11 is 0. The van der Waals surface area contributed by atoms with Crippen molar-refractivity contribution in [3.8, 4) is 78.5 Å². The van der Waals surface area contributed by atoms with E-state index in [1.54, 1.807) is 0 Å². The number of hydrogen-bond acceptors (Lipinski definition) is 4. The van der Waals surface area contributed by atoms with E-state index >= 15 is 0 Å². The van der Waals surface area contributed by atoms with Gasteiger partial charge in [-0.3, -0.25) is 0 Å². The summed E-state index contributed by atoms with van der Waals surface area (Å²) in [5.41, 5.74) is 16.5. The van der Waals surface area contributed by atoms with Gasteiger partial charge in [-0.05, 0) is 80.6 Å². The van der Waals surface area contributed by atoms with Gasteiger partial charge in [0.2, 0.25) is 0 Å². The van der Waals surface area contributed by atoms with E-state index in [2.05, 4.69) is 218 Å². The van der Waals surface area contributed by atoms with Gasteiger partial charge in [0.05, 0.1) is 33.6 Å². The SMILES string of the molecule is c1ccc(-c2ccc(-c3nc(-c4ccccc4)c4cc(-c5ccc(-c6ccc7ccc8ccc(-c9cccc(-c%10ccc%11ccccc%11c%10)c9)nc8c7n6)cc5)ccc4n3)cc2)cc1. The molecule has 0 aliphatic carbocycles. The molecule has 0 N–H and O–H groups in total. The molecule has 0 spiro atoms. The molecule has 0 bridgehead atoms. The minimum atomic E-state index is 0.705. The first-order valence-corrected chi connectivity index (χ1v) is 21.6. The molecule has 0 fully saturated rings. The minimum Gasteiger partial charge on any atom is -0.245 e. The Kier molecular flexibility index (Phi) is 9.12. The number of nitrogens with zero attached hydrogens (tertiary/aromatic N) is 4. The average Bonchev–Trinajstić information content (AvgIpc) is 3.38. The predicted octanol–water partition coefficient (Wildman–Crippen LogP) is 15.5. The highest BCUT2D eigenvalue weighted by molar-refractivity contribution is 6.04. The first-order chi connectivity index (χ1) is 31.7. The molecule has 3 heterocycles. The molecule has 4 heteroatoms. The van der Waals surface area contributed by atoms with Crippen LogP contribution in [0.5, 0.6) is 0 Å². The molecule has 0 radical (unpaired) electrons. The van der Waals surface area contributed by atoms with Crippen molar-refractivity contribution in [3.05, 3.63) is 231 Å². The quantitative estimate of drug-likeness (QED) is 0.150. The normalized spacial score (nSPS) is 11.4. The Hall–Kier alpha value is -8.60. The van der Waals surface area contributed by atoms with Gasteiger partial charge in [-0.15, -0.1) is 0 Å². The van der Waals surface area contributed by atoms with Crippen molar-refractivity contribution in [1.82, 2.24) is 19.9 Å². The number of hydrogen-bond donors (Lipinski definition) is 0. The van der Waals surface area contributed by atoms with Crippen LogP contribution in [0.3, 0.4) is 0 Å². The molecule has 64 heavy (non-hydrogen) atoms. The van der Waals surface area contributed by atoms with Crippen molar-refractivity contribution in [1.29, 1.82) is 0 Å². The highest BCUT2D eigenvalue weighted by atomic mass is 14.9. The van der Waals surface area contributed by atoms with E-state index in [0.717, 1.165) is 94.3 Å². The number of fused-ring (bicyclic) bond motifs is 5. The van der Waals surface area contributed by atoms with Crippen molar-refractivity contribution >= 4 is 43.5 Å². The third-order valence-electron chi connectivity index (χ3n) is 12.3.